The topological polar surface area (TPSA) is 54.4 Å². The van der Waals surface area contributed by atoms with Gasteiger partial charge in [-0.05, 0) is 29.0 Å². The maximum atomic E-state index is 11.0. The first-order valence-corrected chi connectivity index (χ1v) is 7.11. The number of carboxylic acid groups (broad SMARTS) is 1. The summed E-state index contributed by atoms with van der Waals surface area (Å²) < 4.78 is 12.3. The minimum absolute atomic E-state index is 0.133. The predicted octanol–water partition coefficient (Wildman–Crippen LogP) is 3.79. The van der Waals surface area contributed by atoms with E-state index >= 15 is 0 Å². The van der Waals surface area contributed by atoms with Gasteiger partial charge in [-0.15, -0.1) is 0 Å². The molecule has 0 atom stereocenters. The van der Waals surface area contributed by atoms with Gasteiger partial charge in [0.25, 0.3) is 0 Å². The quantitative estimate of drug-likeness (QED) is 0.791. The predicted molar refractivity (Wildman–Crippen MR) is 72.0 cm³/mol. The van der Waals surface area contributed by atoms with Crippen LogP contribution < -0.4 is 0 Å². The van der Waals surface area contributed by atoms with Crippen LogP contribution in [0.1, 0.15) is 10.4 Å². The summed E-state index contributed by atoms with van der Waals surface area (Å²) in [5, 5.41) is 10.7. The highest BCUT2D eigenvalue weighted by Crippen LogP contribution is 2.29. The van der Waals surface area contributed by atoms with Gasteiger partial charge in [-0.3, -0.25) is 3.07 Å². The molecule has 0 radical (unpaired) electrons. The Hall–Kier alpha value is -0.820. The Morgan fingerprint density at radius 2 is 2.06 bits per heavy atom. The van der Waals surface area contributed by atoms with E-state index in [0.717, 1.165) is 15.2 Å². The largest absolute Gasteiger partial charge is 0.478 e. The Morgan fingerprint density at radius 3 is 2.69 bits per heavy atom. The first-order chi connectivity index (χ1) is 7.63. The van der Waals surface area contributed by atoms with Gasteiger partial charge in [-0.1, -0.05) is 28.1 Å². The Balaban J connectivity index is 2.85. The van der Waals surface area contributed by atoms with Gasteiger partial charge in [-0.2, -0.15) is 0 Å². The molecular weight excluding hydrogens is 387 g/mol. The minimum Gasteiger partial charge on any atom is -0.478 e. The van der Waals surface area contributed by atoms with Crippen molar-refractivity contribution in [1.82, 2.24) is 0 Å². The second-order valence-electron chi connectivity index (χ2n) is 3.18. The van der Waals surface area contributed by atoms with E-state index in [4.69, 9.17) is 5.11 Å². The molecule has 0 bridgehead atoms. The van der Waals surface area contributed by atoms with Crippen molar-refractivity contribution in [3.63, 3.8) is 0 Å². The number of halogens is 2. The maximum absolute atomic E-state index is 11.0. The van der Waals surface area contributed by atoms with E-state index in [0.29, 0.717) is 3.57 Å². The zero-order valence-corrected chi connectivity index (χ0v) is 11.6. The van der Waals surface area contributed by atoms with Crippen molar-refractivity contribution >= 4 is 53.9 Å². The number of carboxylic acids is 1. The molecule has 0 aromatic heterocycles. The second kappa shape index (κ2) is 4.58. The van der Waals surface area contributed by atoms with Gasteiger partial charge in [-0.25, -0.2) is 4.79 Å². The average molecular weight is 393 g/mol. The summed E-state index contributed by atoms with van der Waals surface area (Å²) in [6.07, 6.45) is 0. The van der Waals surface area contributed by atoms with Gasteiger partial charge >= 0.3 is 5.97 Å². The van der Waals surface area contributed by atoms with Crippen LogP contribution in [-0.4, -0.2) is 11.1 Å². The molecule has 0 heterocycles. The SMILES string of the molecule is O=Ic1cc2c(Br)cccc2cc1C(=O)O. The molecular formula is C11H6BrIO3. The second-order valence-corrected chi connectivity index (χ2v) is 5.63. The van der Waals surface area contributed by atoms with Crippen LogP contribution in [0.25, 0.3) is 10.8 Å². The average Bonchev–Trinajstić information content (AvgIpc) is 2.28. The lowest BCUT2D eigenvalue weighted by atomic mass is 10.1. The highest BCUT2D eigenvalue weighted by Gasteiger charge is 2.12. The third-order valence-electron chi connectivity index (χ3n) is 2.23. The number of benzene rings is 2. The van der Waals surface area contributed by atoms with Gasteiger partial charge in [0.15, 0.2) is 21.2 Å². The molecule has 82 valence electrons. The highest BCUT2D eigenvalue weighted by molar-refractivity contribution is 14.1. The molecule has 5 heteroatoms. The smallest absolute Gasteiger partial charge is 0.336 e. The molecule has 1 N–H and O–H groups in total. The molecule has 3 nitrogen and oxygen atoms in total. The lowest BCUT2D eigenvalue weighted by molar-refractivity contribution is 0.0696. The monoisotopic (exact) mass is 392 g/mol. The summed E-state index contributed by atoms with van der Waals surface area (Å²) in [6, 6.07) is 8.79. The summed E-state index contributed by atoms with van der Waals surface area (Å²) in [7, 11) is 0. The first kappa shape index (κ1) is 11.7. The molecule has 0 unspecified atom stereocenters. The van der Waals surface area contributed by atoms with Gasteiger partial charge in [0.05, 0.1) is 9.13 Å². The van der Waals surface area contributed by atoms with E-state index in [1.54, 1.807) is 12.1 Å². The fourth-order valence-electron chi connectivity index (χ4n) is 1.49. The van der Waals surface area contributed by atoms with Crippen LogP contribution in [-0.2, 0) is 3.07 Å². The first-order valence-electron chi connectivity index (χ1n) is 4.36. The van der Waals surface area contributed by atoms with E-state index in [1.807, 2.05) is 18.2 Å². The molecule has 2 aromatic carbocycles. The molecule has 2 aromatic rings. The van der Waals surface area contributed by atoms with Crippen molar-refractivity contribution in [3.8, 4) is 0 Å². The van der Waals surface area contributed by atoms with E-state index in [2.05, 4.69) is 15.9 Å². The Morgan fingerprint density at radius 1 is 1.31 bits per heavy atom. The van der Waals surface area contributed by atoms with E-state index < -0.39 is 27.2 Å². The van der Waals surface area contributed by atoms with Gasteiger partial charge in [0.1, 0.15) is 0 Å². The van der Waals surface area contributed by atoms with Crippen LogP contribution in [0.2, 0.25) is 0 Å². The van der Waals surface area contributed by atoms with Gasteiger partial charge in [0, 0.05) is 4.47 Å². The molecule has 0 saturated heterocycles. The summed E-state index contributed by atoms with van der Waals surface area (Å²) in [4.78, 5) is 11.0. The lowest BCUT2D eigenvalue weighted by Gasteiger charge is -2.04. The molecule has 0 saturated carbocycles. The van der Waals surface area contributed by atoms with Crippen molar-refractivity contribution < 1.29 is 13.0 Å². The molecule has 0 aliphatic carbocycles. The van der Waals surface area contributed by atoms with Crippen molar-refractivity contribution in [2.45, 2.75) is 0 Å². The van der Waals surface area contributed by atoms with Crippen LogP contribution in [0, 0.1) is 3.57 Å². The van der Waals surface area contributed by atoms with Crippen molar-refractivity contribution in [2.24, 2.45) is 0 Å². The van der Waals surface area contributed by atoms with Gasteiger partial charge < -0.3 is 5.11 Å². The van der Waals surface area contributed by atoms with Crippen molar-refractivity contribution in [2.75, 3.05) is 0 Å². The zero-order valence-electron chi connectivity index (χ0n) is 7.91. The maximum Gasteiger partial charge on any atom is 0.336 e. The number of carbonyl (C=O) groups is 1. The third kappa shape index (κ3) is 2.01. The van der Waals surface area contributed by atoms with E-state index in [-0.39, 0.29) is 5.56 Å². The van der Waals surface area contributed by atoms with E-state index in [1.165, 1.54) is 0 Å². The normalized spacial score (nSPS) is 10.6. The molecule has 16 heavy (non-hydrogen) atoms. The lowest BCUT2D eigenvalue weighted by Crippen LogP contribution is -1.99. The van der Waals surface area contributed by atoms with Crippen LogP contribution in [0.5, 0.6) is 0 Å². The molecule has 0 fully saturated rings. The standard InChI is InChI=1S/C11H6BrIO3/c12-9-3-1-2-6-4-8(11(14)15)10(13-16)5-7(6)9/h1-5H,(H,14,15). The number of rotatable bonds is 2. The summed E-state index contributed by atoms with van der Waals surface area (Å²) in [6.45, 7) is 0. The minimum atomic E-state index is -1.49. The molecule has 2 rings (SSSR count). The number of hydrogen-bond acceptors (Lipinski definition) is 2. The summed E-state index contributed by atoms with van der Waals surface area (Å²) >= 11 is 1.90. The molecule has 0 spiro atoms. The van der Waals surface area contributed by atoms with E-state index in [9.17, 15) is 7.86 Å². The van der Waals surface area contributed by atoms with Crippen LogP contribution in [0.3, 0.4) is 0 Å². The van der Waals surface area contributed by atoms with Crippen molar-refractivity contribution in [3.05, 3.63) is 43.9 Å². The summed E-state index contributed by atoms with van der Waals surface area (Å²) in [5.41, 5.74) is 0.133. The highest BCUT2D eigenvalue weighted by atomic mass is 127. The van der Waals surface area contributed by atoms with Gasteiger partial charge in [0.2, 0.25) is 0 Å². The van der Waals surface area contributed by atoms with Crippen LogP contribution in [0.15, 0.2) is 34.8 Å². The third-order valence-corrected chi connectivity index (χ3v) is 4.29. The van der Waals surface area contributed by atoms with Crippen LogP contribution >= 0.6 is 37.1 Å². The Labute approximate surface area is 110 Å². The Kier molecular flexibility index (Phi) is 3.34. The molecule has 0 amide bonds. The molecule has 0 aliphatic heterocycles. The zero-order chi connectivity index (χ0) is 11.7. The Bertz CT molecular complexity index is 595. The number of fused-ring (bicyclic) bond motifs is 1. The summed E-state index contributed by atoms with van der Waals surface area (Å²) in [5.74, 6) is -1.03. The fraction of sp³-hybridized carbons (Fsp3) is 0. The number of hydrogen-bond donors (Lipinski definition) is 1. The van der Waals surface area contributed by atoms with Crippen LogP contribution in [0.4, 0.5) is 0 Å². The fourth-order valence-corrected chi connectivity index (χ4v) is 3.05. The molecule has 0 aliphatic rings. The van der Waals surface area contributed by atoms with Crippen molar-refractivity contribution in [1.29, 1.82) is 0 Å². The number of aromatic carboxylic acids is 1.